The van der Waals surface area contributed by atoms with Gasteiger partial charge in [-0.25, -0.2) is 0 Å². The third-order valence-electron chi connectivity index (χ3n) is 1.46. The highest BCUT2D eigenvalue weighted by atomic mass is 16.3. The number of allylic oxidation sites excluding steroid dienone is 2. The van der Waals surface area contributed by atoms with Gasteiger partial charge in [-0.05, 0) is 12.5 Å². The van der Waals surface area contributed by atoms with E-state index in [1.165, 1.54) is 0 Å². The number of hydrogen-bond acceptors (Lipinski definition) is 2. The van der Waals surface area contributed by atoms with E-state index in [9.17, 15) is 0 Å². The van der Waals surface area contributed by atoms with Crippen LogP contribution in [0.15, 0.2) is 23.8 Å². The Bertz CT molecular complexity index is 158. The zero-order valence-electron chi connectivity index (χ0n) is 5.28. The summed E-state index contributed by atoms with van der Waals surface area (Å²) in [6, 6.07) is 0. The third kappa shape index (κ3) is 1.20. The molecule has 1 aliphatic carbocycles. The summed E-state index contributed by atoms with van der Waals surface area (Å²) in [6.45, 7) is 1.79. The molecule has 0 aliphatic heterocycles. The average Bonchev–Trinajstić information content (AvgIpc) is 1.83. The summed E-state index contributed by atoms with van der Waals surface area (Å²) in [6.07, 6.45) is 3.69. The second-order valence-electron chi connectivity index (χ2n) is 2.23. The molecule has 1 rings (SSSR count). The van der Waals surface area contributed by atoms with Gasteiger partial charge in [0.1, 0.15) is 12.2 Å². The standard InChI is InChI=1S/C7H10O2/c1-5-3-2-4-6(8)7(5)9/h2-4,6-9H,1H3/t6-,7+/m1/s1. The Morgan fingerprint density at radius 3 is 2.56 bits per heavy atom. The van der Waals surface area contributed by atoms with Crippen LogP contribution in [0.2, 0.25) is 0 Å². The van der Waals surface area contributed by atoms with Crippen molar-refractivity contribution < 1.29 is 10.2 Å². The van der Waals surface area contributed by atoms with Crippen LogP contribution >= 0.6 is 0 Å². The van der Waals surface area contributed by atoms with Gasteiger partial charge in [0.2, 0.25) is 0 Å². The van der Waals surface area contributed by atoms with Crippen LogP contribution in [0, 0.1) is 0 Å². The first-order valence-electron chi connectivity index (χ1n) is 2.93. The van der Waals surface area contributed by atoms with Crippen LogP contribution in [0.4, 0.5) is 0 Å². The lowest BCUT2D eigenvalue weighted by Crippen LogP contribution is -2.26. The maximum atomic E-state index is 9.08. The Hall–Kier alpha value is -0.600. The van der Waals surface area contributed by atoms with Crippen LogP contribution in [0.25, 0.3) is 0 Å². The van der Waals surface area contributed by atoms with E-state index in [0.29, 0.717) is 0 Å². The van der Waals surface area contributed by atoms with Crippen molar-refractivity contribution in [3.8, 4) is 0 Å². The number of hydrogen-bond donors (Lipinski definition) is 2. The second kappa shape index (κ2) is 2.33. The molecular weight excluding hydrogens is 116 g/mol. The quantitative estimate of drug-likeness (QED) is 0.487. The van der Waals surface area contributed by atoms with Crippen molar-refractivity contribution >= 4 is 0 Å². The Morgan fingerprint density at radius 2 is 2.11 bits per heavy atom. The minimum atomic E-state index is -0.713. The predicted octanol–water partition coefficient (Wildman–Crippen LogP) is 0.224. The van der Waals surface area contributed by atoms with Crippen molar-refractivity contribution in [3.05, 3.63) is 23.8 Å². The van der Waals surface area contributed by atoms with Crippen molar-refractivity contribution in [1.29, 1.82) is 0 Å². The van der Waals surface area contributed by atoms with Crippen LogP contribution < -0.4 is 0 Å². The van der Waals surface area contributed by atoms with Crippen molar-refractivity contribution in [1.82, 2.24) is 0 Å². The van der Waals surface area contributed by atoms with E-state index in [1.54, 1.807) is 25.2 Å². The molecule has 2 N–H and O–H groups in total. The van der Waals surface area contributed by atoms with Gasteiger partial charge in [0.05, 0.1) is 0 Å². The average molecular weight is 126 g/mol. The molecule has 1 aliphatic rings. The topological polar surface area (TPSA) is 40.5 Å². The smallest absolute Gasteiger partial charge is 0.105 e. The number of rotatable bonds is 0. The molecule has 0 amide bonds. The van der Waals surface area contributed by atoms with Gasteiger partial charge in [0, 0.05) is 0 Å². The molecule has 0 spiro atoms. The minimum Gasteiger partial charge on any atom is -0.386 e. The van der Waals surface area contributed by atoms with Crippen LogP contribution in [-0.2, 0) is 0 Å². The molecule has 0 unspecified atom stereocenters. The van der Waals surface area contributed by atoms with Gasteiger partial charge < -0.3 is 10.2 Å². The summed E-state index contributed by atoms with van der Waals surface area (Å²) < 4.78 is 0. The fourth-order valence-electron chi connectivity index (χ4n) is 0.794. The van der Waals surface area contributed by atoms with Gasteiger partial charge in [0.15, 0.2) is 0 Å². The molecule has 2 nitrogen and oxygen atoms in total. The van der Waals surface area contributed by atoms with E-state index < -0.39 is 12.2 Å². The first-order chi connectivity index (χ1) is 4.22. The summed E-state index contributed by atoms with van der Waals surface area (Å²) in [5.41, 5.74) is 0.810. The van der Waals surface area contributed by atoms with Crippen LogP contribution in [-0.4, -0.2) is 22.4 Å². The lowest BCUT2D eigenvalue weighted by atomic mass is 10.0. The Labute approximate surface area is 54.1 Å². The molecule has 0 bridgehead atoms. The summed E-state index contributed by atoms with van der Waals surface area (Å²) in [4.78, 5) is 0. The molecule has 0 aromatic heterocycles. The predicted molar refractivity (Wildman–Crippen MR) is 34.9 cm³/mol. The van der Waals surface area contributed by atoms with E-state index in [-0.39, 0.29) is 0 Å². The SMILES string of the molecule is CC1=CC=C[C@@H](O)[C@H]1O. The molecule has 50 valence electrons. The van der Waals surface area contributed by atoms with Crippen molar-refractivity contribution in [2.45, 2.75) is 19.1 Å². The first-order valence-corrected chi connectivity index (χ1v) is 2.93. The molecular formula is C7H10O2. The number of aliphatic hydroxyl groups is 2. The molecule has 9 heavy (non-hydrogen) atoms. The van der Waals surface area contributed by atoms with Gasteiger partial charge in [0.25, 0.3) is 0 Å². The molecule has 0 aromatic carbocycles. The van der Waals surface area contributed by atoms with E-state index >= 15 is 0 Å². The first kappa shape index (κ1) is 6.52. The molecule has 0 radical (unpaired) electrons. The Balaban J connectivity index is 2.73. The normalized spacial score (nSPS) is 34.3. The van der Waals surface area contributed by atoms with Gasteiger partial charge in [-0.3, -0.25) is 0 Å². The lowest BCUT2D eigenvalue weighted by Gasteiger charge is -2.17. The van der Waals surface area contributed by atoms with Crippen LogP contribution in [0.5, 0.6) is 0 Å². The fourth-order valence-corrected chi connectivity index (χ4v) is 0.794. The second-order valence-corrected chi connectivity index (χ2v) is 2.23. The largest absolute Gasteiger partial charge is 0.386 e. The number of aliphatic hydroxyl groups excluding tert-OH is 2. The van der Waals surface area contributed by atoms with E-state index in [2.05, 4.69) is 0 Å². The zero-order valence-corrected chi connectivity index (χ0v) is 5.28. The maximum absolute atomic E-state index is 9.08. The van der Waals surface area contributed by atoms with Crippen molar-refractivity contribution in [3.63, 3.8) is 0 Å². The van der Waals surface area contributed by atoms with Gasteiger partial charge in [-0.15, -0.1) is 0 Å². The van der Waals surface area contributed by atoms with Crippen LogP contribution in [0.3, 0.4) is 0 Å². The highest BCUT2D eigenvalue weighted by Crippen LogP contribution is 2.11. The summed E-state index contributed by atoms with van der Waals surface area (Å²) in [7, 11) is 0. The Morgan fingerprint density at radius 1 is 1.44 bits per heavy atom. The molecule has 2 heteroatoms. The fraction of sp³-hybridized carbons (Fsp3) is 0.429. The highest BCUT2D eigenvalue weighted by molar-refractivity contribution is 5.23. The lowest BCUT2D eigenvalue weighted by molar-refractivity contribution is 0.0716. The molecule has 2 atom stereocenters. The third-order valence-corrected chi connectivity index (χ3v) is 1.46. The molecule has 0 heterocycles. The van der Waals surface area contributed by atoms with Gasteiger partial charge >= 0.3 is 0 Å². The van der Waals surface area contributed by atoms with E-state index in [0.717, 1.165) is 5.57 Å². The Kier molecular flexibility index (Phi) is 1.69. The monoisotopic (exact) mass is 126 g/mol. The highest BCUT2D eigenvalue weighted by Gasteiger charge is 2.16. The molecule has 0 saturated heterocycles. The van der Waals surface area contributed by atoms with Gasteiger partial charge in [-0.2, -0.15) is 0 Å². The molecule has 0 aromatic rings. The summed E-state index contributed by atoms with van der Waals surface area (Å²) in [5, 5.41) is 18.0. The van der Waals surface area contributed by atoms with E-state index in [4.69, 9.17) is 10.2 Å². The zero-order chi connectivity index (χ0) is 6.85. The van der Waals surface area contributed by atoms with Crippen LogP contribution in [0.1, 0.15) is 6.92 Å². The van der Waals surface area contributed by atoms with E-state index in [1.807, 2.05) is 0 Å². The molecule has 0 fully saturated rings. The summed E-state index contributed by atoms with van der Waals surface area (Å²) >= 11 is 0. The van der Waals surface area contributed by atoms with Gasteiger partial charge in [-0.1, -0.05) is 18.2 Å². The maximum Gasteiger partial charge on any atom is 0.105 e. The van der Waals surface area contributed by atoms with Crippen molar-refractivity contribution in [2.24, 2.45) is 0 Å². The van der Waals surface area contributed by atoms with Crippen molar-refractivity contribution in [2.75, 3.05) is 0 Å². The summed E-state index contributed by atoms with van der Waals surface area (Å²) in [5.74, 6) is 0. The minimum absolute atomic E-state index is 0.699. The molecule has 0 saturated carbocycles.